The fraction of sp³-hybridized carbons (Fsp3) is 0.143. The molecule has 0 N–H and O–H groups in total. The molecule has 2 rings (SSSR count). The molecule has 0 saturated heterocycles. The number of halogens is 1. The molecule has 1 atom stereocenters. The van der Waals surface area contributed by atoms with Crippen molar-refractivity contribution in [1.29, 1.82) is 0 Å². The second-order valence-electron chi connectivity index (χ2n) is 4.49. The third-order valence-electron chi connectivity index (χ3n) is 3.16. The first-order chi connectivity index (χ1) is 9.82. The fourth-order valence-corrected chi connectivity index (χ4v) is 3.72. The molecule has 112 valence electrons. The molecule has 1 unspecified atom stereocenters. The maximum atomic E-state index is 13.2. The van der Waals surface area contributed by atoms with Crippen molar-refractivity contribution in [2.45, 2.75) is 22.0 Å². The van der Waals surface area contributed by atoms with Crippen LogP contribution in [0.1, 0.15) is 17.7 Å². The molecule has 21 heavy (non-hydrogen) atoms. The molecule has 0 heterocycles. The number of hydrogen-bond donors (Lipinski definition) is 1. The molecule has 0 radical (unpaired) electrons. The highest BCUT2D eigenvalue weighted by atomic mass is 32.2. The zero-order chi connectivity index (χ0) is 15.6. The van der Waals surface area contributed by atoms with Crippen LogP contribution in [0.4, 0.5) is 4.39 Å². The lowest BCUT2D eigenvalue weighted by atomic mass is 10.2. The third-order valence-corrected chi connectivity index (χ3v) is 6.01. The second kappa shape index (κ2) is 5.95. The van der Waals surface area contributed by atoms with Crippen molar-refractivity contribution in [3.05, 3.63) is 59.9 Å². The fourth-order valence-electron chi connectivity index (χ4n) is 1.90. The summed E-state index contributed by atoms with van der Waals surface area (Å²) in [6, 6.07) is 10.3. The largest absolute Gasteiger partial charge is 0.227 e. The molecule has 0 saturated carbocycles. The minimum atomic E-state index is -3.71. The van der Waals surface area contributed by atoms with Gasteiger partial charge in [-0.2, -0.15) is 0 Å². The molecular formula is C14H13FO4S2. The molecule has 0 fully saturated rings. The van der Waals surface area contributed by atoms with Gasteiger partial charge in [-0.1, -0.05) is 12.1 Å². The Balaban J connectivity index is 2.41. The lowest BCUT2D eigenvalue weighted by molar-refractivity contribution is 0.584. The van der Waals surface area contributed by atoms with Gasteiger partial charge in [-0.3, -0.25) is 0 Å². The van der Waals surface area contributed by atoms with Gasteiger partial charge in [0.1, 0.15) is 5.82 Å². The molecular weight excluding hydrogens is 315 g/mol. The SMILES string of the molecule is CC(c1cccc(F)c1)S(=O)(=O)c1ccc([SH](=O)=O)cc1. The quantitative estimate of drug-likeness (QED) is 0.875. The standard InChI is InChI=1S/C14H13FO4S2/c1-10(11-3-2-4-12(15)9-11)21(18,19)14-7-5-13(6-8-14)20(16)17/h2-10,20H,1H3. The van der Waals surface area contributed by atoms with E-state index in [9.17, 15) is 21.2 Å². The zero-order valence-electron chi connectivity index (χ0n) is 11.1. The van der Waals surface area contributed by atoms with Crippen molar-refractivity contribution in [1.82, 2.24) is 0 Å². The highest BCUT2D eigenvalue weighted by molar-refractivity contribution is 7.91. The number of rotatable bonds is 4. The Labute approximate surface area is 124 Å². The maximum Gasteiger partial charge on any atom is 0.185 e. The van der Waals surface area contributed by atoms with Crippen LogP contribution in [0.15, 0.2) is 58.3 Å². The van der Waals surface area contributed by atoms with E-state index in [0.29, 0.717) is 5.56 Å². The summed E-state index contributed by atoms with van der Waals surface area (Å²) < 4.78 is 59.7. The van der Waals surface area contributed by atoms with Gasteiger partial charge >= 0.3 is 0 Å². The Morgan fingerprint density at radius 2 is 1.67 bits per heavy atom. The minimum absolute atomic E-state index is 0.000128. The Morgan fingerprint density at radius 1 is 1.05 bits per heavy atom. The highest BCUT2D eigenvalue weighted by Crippen LogP contribution is 2.29. The summed E-state index contributed by atoms with van der Waals surface area (Å²) in [5.41, 5.74) is 0.342. The predicted octanol–water partition coefficient (Wildman–Crippen LogP) is 2.33. The van der Waals surface area contributed by atoms with Crippen LogP contribution in [0, 0.1) is 5.82 Å². The number of sulfone groups is 1. The highest BCUT2D eigenvalue weighted by Gasteiger charge is 2.25. The van der Waals surface area contributed by atoms with Crippen molar-refractivity contribution in [3.63, 3.8) is 0 Å². The molecule has 4 nitrogen and oxygen atoms in total. The summed E-state index contributed by atoms with van der Waals surface area (Å²) >= 11 is 0. The van der Waals surface area contributed by atoms with Crippen molar-refractivity contribution < 1.29 is 21.2 Å². The van der Waals surface area contributed by atoms with Gasteiger partial charge in [-0.25, -0.2) is 21.2 Å². The number of hydrogen-bond acceptors (Lipinski definition) is 4. The van der Waals surface area contributed by atoms with Gasteiger partial charge in [0.25, 0.3) is 0 Å². The number of thiol groups is 1. The predicted molar refractivity (Wildman–Crippen MR) is 77.0 cm³/mol. The summed E-state index contributed by atoms with van der Waals surface area (Å²) in [5, 5.41) is -0.930. The lowest BCUT2D eigenvalue weighted by Gasteiger charge is -2.13. The summed E-state index contributed by atoms with van der Waals surface area (Å²) in [5.74, 6) is -0.506. The molecule has 0 spiro atoms. The summed E-state index contributed by atoms with van der Waals surface area (Å²) in [4.78, 5) is 0.0437. The topological polar surface area (TPSA) is 68.3 Å². The van der Waals surface area contributed by atoms with Gasteiger partial charge in [-0.15, -0.1) is 0 Å². The van der Waals surface area contributed by atoms with Crippen molar-refractivity contribution in [2.24, 2.45) is 0 Å². The Morgan fingerprint density at radius 3 is 2.19 bits per heavy atom. The van der Waals surface area contributed by atoms with Gasteiger partial charge in [0.05, 0.1) is 15.0 Å². The van der Waals surface area contributed by atoms with Gasteiger partial charge < -0.3 is 0 Å². The van der Waals surface area contributed by atoms with Crippen molar-refractivity contribution in [3.8, 4) is 0 Å². The van der Waals surface area contributed by atoms with Crippen LogP contribution in [0.3, 0.4) is 0 Å². The average Bonchev–Trinajstić information content (AvgIpc) is 2.46. The smallest absolute Gasteiger partial charge is 0.185 e. The van der Waals surface area contributed by atoms with Crippen LogP contribution >= 0.6 is 0 Å². The van der Waals surface area contributed by atoms with Crippen LogP contribution in [-0.4, -0.2) is 16.8 Å². The van der Waals surface area contributed by atoms with E-state index in [4.69, 9.17) is 0 Å². The van der Waals surface area contributed by atoms with E-state index < -0.39 is 31.6 Å². The van der Waals surface area contributed by atoms with Gasteiger partial charge in [0.15, 0.2) is 20.5 Å². The maximum absolute atomic E-state index is 13.2. The Kier molecular flexibility index (Phi) is 4.43. The summed E-state index contributed by atoms with van der Waals surface area (Å²) in [7, 11) is -6.47. The molecule has 0 aliphatic carbocycles. The average molecular weight is 328 g/mol. The van der Waals surface area contributed by atoms with Crippen LogP contribution < -0.4 is 0 Å². The third kappa shape index (κ3) is 3.30. The van der Waals surface area contributed by atoms with E-state index in [0.717, 1.165) is 0 Å². The van der Waals surface area contributed by atoms with E-state index in [1.165, 1.54) is 55.5 Å². The molecule has 2 aromatic carbocycles. The van der Waals surface area contributed by atoms with Gasteiger partial charge in [0.2, 0.25) is 0 Å². The van der Waals surface area contributed by atoms with E-state index in [-0.39, 0.29) is 9.79 Å². The van der Waals surface area contributed by atoms with E-state index in [2.05, 4.69) is 0 Å². The van der Waals surface area contributed by atoms with Crippen molar-refractivity contribution >= 4 is 20.5 Å². The molecule has 0 aliphatic heterocycles. The Hall–Kier alpha value is -1.73. The number of benzene rings is 2. The second-order valence-corrected chi connectivity index (χ2v) is 7.79. The molecule has 0 aromatic heterocycles. The van der Waals surface area contributed by atoms with Gasteiger partial charge in [-0.05, 0) is 48.9 Å². The molecule has 2 aromatic rings. The molecule has 0 bridgehead atoms. The van der Waals surface area contributed by atoms with E-state index in [1.54, 1.807) is 0 Å². The van der Waals surface area contributed by atoms with Crippen LogP contribution in [0.25, 0.3) is 0 Å². The minimum Gasteiger partial charge on any atom is -0.227 e. The molecule has 0 amide bonds. The summed E-state index contributed by atoms with van der Waals surface area (Å²) in [6.07, 6.45) is 0. The van der Waals surface area contributed by atoms with Gasteiger partial charge in [0, 0.05) is 0 Å². The van der Waals surface area contributed by atoms with Crippen molar-refractivity contribution in [2.75, 3.05) is 0 Å². The van der Waals surface area contributed by atoms with E-state index >= 15 is 0 Å². The molecule has 0 aliphatic rings. The lowest BCUT2D eigenvalue weighted by Crippen LogP contribution is -2.11. The monoisotopic (exact) mass is 328 g/mol. The first kappa shape index (κ1) is 15.7. The molecule has 7 heteroatoms. The zero-order valence-corrected chi connectivity index (χ0v) is 12.8. The van der Waals surface area contributed by atoms with Crippen LogP contribution in [0.2, 0.25) is 0 Å². The first-order valence-corrected chi connectivity index (χ1v) is 8.78. The Bertz CT molecular complexity index is 816. The summed E-state index contributed by atoms with van der Waals surface area (Å²) in [6.45, 7) is 1.46. The normalized spacial score (nSPS) is 13.3. The van der Waals surface area contributed by atoms with E-state index in [1.807, 2.05) is 0 Å². The first-order valence-electron chi connectivity index (χ1n) is 6.06. The van der Waals surface area contributed by atoms with Crippen LogP contribution in [-0.2, 0) is 20.5 Å². The van der Waals surface area contributed by atoms with Crippen LogP contribution in [0.5, 0.6) is 0 Å².